The van der Waals surface area contributed by atoms with Crippen LogP contribution in [0.3, 0.4) is 0 Å². The second-order valence-corrected chi connectivity index (χ2v) is 4.70. The van der Waals surface area contributed by atoms with Gasteiger partial charge in [-0.2, -0.15) is 5.10 Å². The number of hydrogen-bond donors (Lipinski definition) is 1. The molecule has 0 radical (unpaired) electrons. The Balaban J connectivity index is 2.06. The summed E-state index contributed by atoms with van der Waals surface area (Å²) in [6.45, 7) is 0.374. The number of aryl methyl sites for hydroxylation is 1. The van der Waals surface area contributed by atoms with Crippen molar-refractivity contribution in [3.63, 3.8) is 0 Å². The molecule has 0 aliphatic carbocycles. The molecule has 4 nitrogen and oxygen atoms in total. The number of ether oxygens (including phenoxy) is 1. The molecule has 0 saturated heterocycles. The average Bonchev–Trinajstić information content (AvgIpc) is 2.69. The molecular weight excluding hydrogens is 301 g/mol. The highest BCUT2D eigenvalue weighted by Gasteiger charge is 2.06. The molecule has 0 atom stereocenters. The number of methoxy groups -OCH3 is 1. The van der Waals surface area contributed by atoms with E-state index in [4.69, 9.17) is 4.74 Å². The van der Waals surface area contributed by atoms with Gasteiger partial charge in [0.1, 0.15) is 5.82 Å². The van der Waals surface area contributed by atoms with Gasteiger partial charge >= 0.3 is 0 Å². The second-order valence-electron chi connectivity index (χ2n) is 3.78. The van der Waals surface area contributed by atoms with Gasteiger partial charge in [0.2, 0.25) is 5.88 Å². The zero-order valence-electron chi connectivity index (χ0n) is 10.1. The summed E-state index contributed by atoms with van der Waals surface area (Å²) in [5, 5.41) is 7.24. The minimum absolute atomic E-state index is 0.250. The summed E-state index contributed by atoms with van der Waals surface area (Å²) in [7, 11) is 3.36. The summed E-state index contributed by atoms with van der Waals surface area (Å²) in [5.74, 6) is 1.05. The second kappa shape index (κ2) is 5.39. The molecule has 0 saturated carbocycles. The number of nitrogens with one attached hydrogen (secondary N) is 1. The summed E-state index contributed by atoms with van der Waals surface area (Å²) >= 11 is 3.22. The summed E-state index contributed by atoms with van der Waals surface area (Å²) < 4.78 is 21.0. The number of halogens is 2. The Kier molecular flexibility index (Phi) is 3.86. The van der Waals surface area contributed by atoms with Crippen molar-refractivity contribution in [3.8, 4) is 5.88 Å². The Bertz CT molecular complexity index is 556. The number of anilines is 1. The predicted molar refractivity (Wildman–Crippen MR) is 71.2 cm³/mol. The Morgan fingerprint density at radius 3 is 2.83 bits per heavy atom. The Morgan fingerprint density at radius 2 is 2.22 bits per heavy atom. The first-order valence-electron chi connectivity index (χ1n) is 5.36. The van der Waals surface area contributed by atoms with Crippen LogP contribution in [0.5, 0.6) is 5.88 Å². The highest BCUT2D eigenvalue weighted by molar-refractivity contribution is 9.10. The van der Waals surface area contributed by atoms with Crippen LogP contribution >= 0.6 is 15.9 Å². The fourth-order valence-corrected chi connectivity index (χ4v) is 1.91. The van der Waals surface area contributed by atoms with Crippen molar-refractivity contribution in [1.82, 2.24) is 9.78 Å². The largest absolute Gasteiger partial charge is 0.481 e. The minimum Gasteiger partial charge on any atom is -0.481 e. The van der Waals surface area contributed by atoms with E-state index in [0.29, 0.717) is 23.8 Å². The van der Waals surface area contributed by atoms with E-state index in [-0.39, 0.29) is 5.82 Å². The lowest BCUT2D eigenvalue weighted by Gasteiger charge is -2.04. The van der Waals surface area contributed by atoms with Gasteiger partial charge in [-0.25, -0.2) is 9.07 Å². The van der Waals surface area contributed by atoms with Gasteiger partial charge in [-0.15, -0.1) is 0 Å². The smallest absolute Gasteiger partial charge is 0.213 e. The molecule has 18 heavy (non-hydrogen) atoms. The van der Waals surface area contributed by atoms with Crippen LogP contribution in [0.2, 0.25) is 0 Å². The van der Waals surface area contributed by atoms with Gasteiger partial charge in [0.25, 0.3) is 0 Å². The molecule has 1 aromatic heterocycles. The molecule has 0 aliphatic rings. The number of hydrogen-bond acceptors (Lipinski definition) is 3. The molecule has 1 N–H and O–H groups in total. The molecule has 0 unspecified atom stereocenters. The Labute approximate surface area is 113 Å². The third-order valence-corrected chi connectivity index (χ3v) is 3.01. The lowest BCUT2D eigenvalue weighted by molar-refractivity contribution is 0.373. The molecule has 1 aromatic carbocycles. The molecule has 0 amide bonds. The van der Waals surface area contributed by atoms with Crippen LogP contribution in [-0.2, 0) is 13.6 Å². The van der Waals surface area contributed by atoms with Crippen LogP contribution in [-0.4, -0.2) is 16.9 Å². The van der Waals surface area contributed by atoms with Crippen LogP contribution in [0.4, 0.5) is 10.2 Å². The van der Waals surface area contributed by atoms with Gasteiger partial charge in [0, 0.05) is 29.7 Å². The van der Waals surface area contributed by atoms with Crippen molar-refractivity contribution in [1.29, 1.82) is 0 Å². The highest BCUT2D eigenvalue weighted by atomic mass is 79.9. The van der Waals surface area contributed by atoms with E-state index in [2.05, 4.69) is 26.3 Å². The van der Waals surface area contributed by atoms with E-state index >= 15 is 0 Å². The molecular formula is C12H13BrFN3O. The number of rotatable bonds is 4. The van der Waals surface area contributed by atoms with Crippen molar-refractivity contribution in [2.24, 2.45) is 7.05 Å². The van der Waals surface area contributed by atoms with Gasteiger partial charge in [0.15, 0.2) is 5.82 Å². The van der Waals surface area contributed by atoms with Crippen molar-refractivity contribution < 1.29 is 9.13 Å². The quantitative estimate of drug-likeness (QED) is 0.943. The Hall–Kier alpha value is -1.56. The summed E-state index contributed by atoms with van der Waals surface area (Å²) in [4.78, 5) is 0. The lowest BCUT2D eigenvalue weighted by atomic mass is 10.2. The van der Waals surface area contributed by atoms with Gasteiger partial charge < -0.3 is 10.1 Å². The topological polar surface area (TPSA) is 39.1 Å². The van der Waals surface area contributed by atoms with Crippen molar-refractivity contribution >= 4 is 21.7 Å². The third kappa shape index (κ3) is 2.81. The minimum atomic E-state index is -0.250. The number of nitrogens with zero attached hydrogens (tertiary/aromatic N) is 2. The molecule has 2 rings (SSSR count). The monoisotopic (exact) mass is 313 g/mol. The molecule has 6 heteroatoms. The summed E-state index contributed by atoms with van der Waals surface area (Å²) in [6, 6.07) is 6.73. The van der Waals surface area contributed by atoms with Crippen molar-refractivity contribution in [2.45, 2.75) is 6.54 Å². The van der Waals surface area contributed by atoms with E-state index in [1.807, 2.05) is 0 Å². The summed E-state index contributed by atoms with van der Waals surface area (Å²) in [6.07, 6.45) is 0. The normalized spacial score (nSPS) is 10.4. The molecule has 0 fully saturated rings. The van der Waals surface area contributed by atoms with Gasteiger partial charge in [-0.1, -0.05) is 22.0 Å². The summed E-state index contributed by atoms with van der Waals surface area (Å²) in [5.41, 5.74) is 0.586. The zero-order valence-corrected chi connectivity index (χ0v) is 11.7. The lowest BCUT2D eigenvalue weighted by Crippen LogP contribution is -2.03. The van der Waals surface area contributed by atoms with E-state index < -0.39 is 0 Å². The maximum atomic E-state index is 13.6. The highest BCUT2D eigenvalue weighted by Crippen LogP contribution is 2.18. The van der Waals surface area contributed by atoms with Gasteiger partial charge in [0.05, 0.1) is 7.11 Å². The maximum Gasteiger partial charge on any atom is 0.213 e. The standard InChI is InChI=1S/C12H13BrFN3O/c1-17-12(18-2)6-11(16-17)15-7-8-3-4-9(13)5-10(8)14/h3-6H,7H2,1-2H3,(H,15,16). The average molecular weight is 314 g/mol. The Morgan fingerprint density at radius 1 is 1.44 bits per heavy atom. The maximum absolute atomic E-state index is 13.6. The van der Waals surface area contributed by atoms with E-state index in [1.54, 1.807) is 37.0 Å². The number of benzene rings is 1. The molecule has 2 aromatic rings. The zero-order chi connectivity index (χ0) is 13.1. The molecule has 96 valence electrons. The van der Waals surface area contributed by atoms with Crippen LogP contribution in [0, 0.1) is 5.82 Å². The fraction of sp³-hybridized carbons (Fsp3) is 0.250. The first-order valence-corrected chi connectivity index (χ1v) is 6.15. The van der Waals surface area contributed by atoms with E-state index in [1.165, 1.54) is 6.07 Å². The molecule has 0 aliphatic heterocycles. The van der Waals surface area contributed by atoms with Crippen LogP contribution < -0.4 is 10.1 Å². The fourth-order valence-electron chi connectivity index (χ4n) is 1.58. The van der Waals surface area contributed by atoms with E-state index in [0.717, 1.165) is 4.47 Å². The molecule has 0 bridgehead atoms. The number of aromatic nitrogens is 2. The van der Waals surface area contributed by atoms with Gasteiger partial charge in [-0.3, -0.25) is 0 Å². The third-order valence-electron chi connectivity index (χ3n) is 2.52. The van der Waals surface area contributed by atoms with Crippen molar-refractivity contribution in [3.05, 3.63) is 40.1 Å². The van der Waals surface area contributed by atoms with Crippen LogP contribution in [0.25, 0.3) is 0 Å². The molecule has 0 spiro atoms. The van der Waals surface area contributed by atoms with Crippen molar-refractivity contribution in [2.75, 3.05) is 12.4 Å². The SMILES string of the molecule is COc1cc(NCc2ccc(Br)cc2F)nn1C. The molecule has 1 heterocycles. The van der Waals surface area contributed by atoms with E-state index in [9.17, 15) is 4.39 Å². The van der Waals surface area contributed by atoms with Gasteiger partial charge in [-0.05, 0) is 12.1 Å². The predicted octanol–water partition coefficient (Wildman–Crippen LogP) is 2.94. The first-order chi connectivity index (χ1) is 8.60. The van der Waals surface area contributed by atoms with Crippen LogP contribution in [0.1, 0.15) is 5.56 Å². The van der Waals surface area contributed by atoms with Crippen LogP contribution in [0.15, 0.2) is 28.7 Å². The first kappa shape index (κ1) is 12.9.